The molecule has 0 aliphatic heterocycles. The van der Waals surface area contributed by atoms with Crippen LogP contribution in [-0.4, -0.2) is 8.97 Å². The van der Waals surface area contributed by atoms with E-state index in [1.807, 2.05) is 11.3 Å². The first kappa shape index (κ1) is 21.7. The molecule has 0 N–H and O–H groups in total. The highest BCUT2D eigenvalue weighted by atomic mass is 32.1. The van der Waals surface area contributed by atoms with Crippen LogP contribution < -0.4 is 0 Å². The van der Waals surface area contributed by atoms with Crippen molar-refractivity contribution in [2.24, 2.45) is 0 Å². The lowest BCUT2D eigenvalue weighted by Crippen LogP contribution is -1.94. The summed E-state index contributed by atoms with van der Waals surface area (Å²) in [6, 6.07) is 46.7. The fraction of sp³-hybridized carbons (Fsp3) is 0. The maximum atomic E-state index is 2.44. The molecule has 0 saturated heterocycles. The molecule has 0 amide bonds. The Morgan fingerprint density at radius 1 is 0.439 bits per heavy atom. The summed E-state index contributed by atoms with van der Waals surface area (Å²) in [5, 5.41) is 11.8. The third kappa shape index (κ3) is 2.71. The van der Waals surface area contributed by atoms with Crippen molar-refractivity contribution >= 4 is 91.3 Å². The molecule has 4 heterocycles. The van der Waals surface area contributed by atoms with Gasteiger partial charge in [-0.1, -0.05) is 91.0 Å². The smallest absolute Gasteiger partial charge is 0.0614 e. The van der Waals surface area contributed by atoms with Crippen LogP contribution in [0, 0.1) is 0 Å². The molecule has 0 radical (unpaired) electrons. The second kappa shape index (κ2) is 7.75. The summed E-state index contributed by atoms with van der Waals surface area (Å²) in [7, 11) is 0. The zero-order valence-electron chi connectivity index (χ0n) is 22.0. The van der Waals surface area contributed by atoms with Crippen LogP contribution in [0.4, 0.5) is 0 Å². The van der Waals surface area contributed by atoms with Gasteiger partial charge in [0.2, 0.25) is 0 Å². The van der Waals surface area contributed by atoms with E-state index in [2.05, 4.69) is 143 Å². The average molecular weight is 539 g/mol. The Morgan fingerprint density at radius 3 is 2.05 bits per heavy atom. The predicted octanol–water partition coefficient (Wildman–Crippen LogP) is 10.9. The molecule has 0 bridgehead atoms. The topological polar surface area (TPSA) is 9.34 Å². The van der Waals surface area contributed by atoms with Gasteiger partial charge in [-0.2, -0.15) is 0 Å². The molecule has 10 rings (SSSR count). The Kier molecular flexibility index (Phi) is 4.10. The van der Waals surface area contributed by atoms with E-state index < -0.39 is 0 Å². The van der Waals surface area contributed by atoms with Crippen molar-refractivity contribution in [3.8, 4) is 5.69 Å². The number of thiophene rings is 1. The van der Waals surface area contributed by atoms with E-state index in [0.717, 1.165) is 0 Å². The quantitative estimate of drug-likeness (QED) is 0.184. The van der Waals surface area contributed by atoms with Gasteiger partial charge in [0.15, 0.2) is 0 Å². The molecular formula is C38H22N2S. The largest absolute Gasteiger partial charge is 0.315 e. The van der Waals surface area contributed by atoms with Crippen LogP contribution in [0.25, 0.3) is 85.6 Å². The maximum Gasteiger partial charge on any atom is 0.0614 e. The number of pyridine rings is 1. The Morgan fingerprint density at radius 2 is 1.15 bits per heavy atom. The van der Waals surface area contributed by atoms with Gasteiger partial charge in [-0.15, -0.1) is 11.3 Å². The van der Waals surface area contributed by atoms with Gasteiger partial charge in [-0.05, 0) is 36.4 Å². The third-order valence-electron chi connectivity index (χ3n) is 8.87. The van der Waals surface area contributed by atoms with Crippen molar-refractivity contribution in [2.45, 2.75) is 0 Å². The number of para-hydroxylation sites is 2. The molecule has 4 aromatic heterocycles. The highest BCUT2D eigenvalue weighted by molar-refractivity contribution is 7.26. The van der Waals surface area contributed by atoms with E-state index in [9.17, 15) is 0 Å². The summed E-state index contributed by atoms with van der Waals surface area (Å²) in [5.74, 6) is 0. The lowest BCUT2D eigenvalue weighted by atomic mass is 9.97. The summed E-state index contributed by atoms with van der Waals surface area (Å²) in [6.07, 6.45) is 2.32. The van der Waals surface area contributed by atoms with Gasteiger partial charge in [0.05, 0.1) is 22.1 Å². The van der Waals surface area contributed by atoms with E-state index in [1.165, 1.54) is 85.6 Å². The average Bonchev–Trinajstić information content (AvgIpc) is 3.71. The van der Waals surface area contributed by atoms with Crippen molar-refractivity contribution < 1.29 is 0 Å². The van der Waals surface area contributed by atoms with Gasteiger partial charge >= 0.3 is 0 Å². The lowest BCUT2D eigenvalue weighted by Gasteiger charge is -2.13. The number of aromatic nitrogens is 2. The van der Waals surface area contributed by atoms with Crippen molar-refractivity contribution in [2.75, 3.05) is 0 Å². The van der Waals surface area contributed by atoms with Gasteiger partial charge in [0.1, 0.15) is 0 Å². The van der Waals surface area contributed by atoms with Gasteiger partial charge in [0.25, 0.3) is 0 Å². The number of hydrogen-bond donors (Lipinski definition) is 0. The normalized spacial score (nSPS) is 12.4. The Bertz CT molecular complexity index is 2690. The van der Waals surface area contributed by atoms with Gasteiger partial charge in [0, 0.05) is 69.8 Å². The minimum atomic E-state index is 1.18. The maximum absolute atomic E-state index is 2.44. The zero-order chi connectivity index (χ0) is 26.7. The van der Waals surface area contributed by atoms with Crippen LogP contribution >= 0.6 is 11.3 Å². The molecule has 2 nitrogen and oxygen atoms in total. The fourth-order valence-electron chi connectivity index (χ4n) is 7.22. The van der Waals surface area contributed by atoms with Gasteiger partial charge < -0.3 is 8.97 Å². The fourth-order valence-corrected chi connectivity index (χ4v) is 8.47. The summed E-state index contributed by atoms with van der Waals surface area (Å²) < 4.78 is 7.57. The number of fused-ring (bicyclic) bond motifs is 16. The van der Waals surface area contributed by atoms with Crippen LogP contribution in [0.5, 0.6) is 0 Å². The van der Waals surface area contributed by atoms with Crippen molar-refractivity contribution in [3.05, 3.63) is 134 Å². The summed E-state index contributed by atoms with van der Waals surface area (Å²) in [4.78, 5) is 0. The summed E-state index contributed by atoms with van der Waals surface area (Å²) in [6.45, 7) is 0. The Balaban J connectivity index is 1.57. The standard InChI is InChI=1S/C38H22N2S/c1-2-11-24(12-3-1)40-30-16-8-6-15-28(30)34-32(40)21-20-31-36(34)35-29(37-25-13-5-4-10-23(25)22-39(31)37)19-18-27-26-14-7-9-17-33(26)41-38(27)35/h1-22H. The molecule has 41 heavy (non-hydrogen) atoms. The molecule has 0 aliphatic carbocycles. The minimum absolute atomic E-state index is 1.18. The number of benzene rings is 6. The van der Waals surface area contributed by atoms with E-state index in [1.54, 1.807) is 0 Å². The Hall–Kier alpha value is -5.12. The third-order valence-corrected chi connectivity index (χ3v) is 10.1. The predicted molar refractivity (Wildman–Crippen MR) is 177 cm³/mol. The molecule has 0 aliphatic rings. The van der Waals surface area contributed by atoms with Crippen molar-refractivity contribution in [1.82, 2.24) is 8.97 Å². The van der Waals surface area contributed by atoms with E-state index in [4.69, 9.17) is 0 Å². The van der Waals surface area contributed by atoms with Gasteiger partial charge in [-0.25, -0.2) is 0 Å². The number of rotatable bonds is 1. The van der Waals surface area contributed by atoms with E-state index >= 15 is 0 Å². The SMILES string of the molecule is c1ccc(-n2c3ccccc3c3c4c5c(ccc6c7ccccc7sc65)c5c6ccccc6cn5c4ccc32)cc1. The van der Waals surface area contributed by atoms with Gasteiger partial charge in [-0.3, -0.25) is 0 Å². The van der Waals surface area contributed by atoms with Crippen molar-refractivity contribution in [3.63, 3.8) is 0 Å². The van der Waals surface area contributed by atoms with Crippen LogP contribution in [0.3, 0.4) is 0 Å². The molecule has 0 spiro atoms. The summed E-state index contributed by atoms with van der Waals surface area (Å²) in [5.41, 5.74) is 6.18. The second-order valence-electron chi connectivity index (χ2n) is 10.9. The highest BCUT2D eigenvalue weighted by Gasteiger charge is 2.22. The molecule has 0 unspecified atom stereocenters. The first-order chi connectivity index (χ1) is 20.4. The number of nitrogens with zero attached hydrogens (tertiary/aromatic N) is 2. The number of hydrogen-bond acceptors (Lipinski definition) is 1. The second-order valence-corrected chi connectivity index (χ2v) is 12.0. The van der Waals surface area contributed by atoms with Crippen LogP contribution in [-0.2, 0) is 0 Å². The molecule has 0 saturated carbocycles. The molecule has 0 atom stereocenters. The molecule has 3 heteroatoms. The van der Waals surface area contributed by atoms with E-state index in [0.29, 0.717) is 0 Å². The Labute approximate surface area is 238 Å². The first-order valence-electron chi connectivity index (χ1n) is 14.0. The summed E-state index contributed by atoms with van der Waals surface area (Å²) >= 11 is 1.92. The lowest BCUT2D eigenvalue weighted by molar-refractivity contribution is 1.18. The van der Waals surface area contributed by atoms with E-state index in [-0.39, 0.29) is 0 Å². The van der Waals surface area contributed by atoms with Crippen LogP contribution in [0.2, 0.25) is 0 Å². The highest BCUT2D eigenvalue weighted by Crippen LogP contribution is 2.47. The first-order valence-corrected chi connectivity index (χ1v) is 14.9. The molecule has 6 aromatic carbocycles. The monoisotopic (exact) mass is 538 g/mol. The molecular weight excluding hydrogens is 516 g/mol. The molecule has 0 fully saturated rings. The van der Waals surface area contributed by atoms with Crippen LogP contribution in [0.15, 0.2) is 134 Å². The van der Waals surface area contributed by atoms with Crippen LogP contribution in [0.1, 0.15) is 0 Å². The zero-order valence-corrected chi connectivity index (χ0v) is 22.8. The van der Waals surface area contributed by atoms with Crippen molar-refractivity contribution in [1.29, 1.82) is 0 Å². The molecule has 190 valence electrons. The molecule has 10 aromatic rings. The minimum Gasteiger partial charge on any atom is -0.315 e.